The van der Waals surface area contributed by atoms with Crippen LogP contribution in [0.5, 0.6) is 5.75 Å². The van der Waals surface area contributed by atoms with Gasteiger partial charge in [0.2, 0.25) is 0 Å². The number of nitriles is 1. The summed E-state index contributed by atoms with van der Waals surface area (Å²) >= 11 is 1.97. The van der Waals surface area contributed by atoms with Crippen LogP contribution >= 0.6 is 22.6 Å². The standard InChI is InChI=1S/C11H11IN2O2/c1-2-8(6-13)14-11(16)7-3-4-9(12)10(15)5-7/h3-5,8,15H,2H2,1H3,(H,14,16). The Labute approximate surface area is 107 Å². The monoisotopic (exact) mass is 330 g/mol. The molecule has 1 unspecified atom stereocenters. The number of amides is 1. The maximum absolute atomic E-state index is 11.7. The Kier molecular flexibility index (Phi) is 4.55. The molecule has 0 radical (unpaired) electrons. The molecule has 0 saturated carbocycles. The van der Waals surface area contributed by atoms with E-state index < -0.39 is 6.04 Å². The molecular weight excluding hydrogens is 319 g/mol. The summed E-state index contributed by atoms with van der Waals surface area (Å²) in [6.07, 6.45) is 0.554. The summed E-state index contributed by atoms with van der Waals surface area (Å²) in [5.41, 5.74) is 0.353. The predicted molar refractivity (Wildman–Crippen MR) is 68.0 cm³/mol. The lowest BCUT2D eigenvalue weighted by Gasteiger charge is -2.09. The number of hydrogen-bond donors (Lipinski definition) is 2. The molecule has 0 aliphatic carbocycles. The highest BCUT2D eigenvalue weighted by atomic mass is 127. The lowest BCUT2D eigenvalue weighted by molar-refractivity contribution is 0.0944. The second-order valence-corrected chi connectivity index (χ2v) is 4.39. The molecule has 1 amide bonds. The highest BCUT2D eigenvalue weighted by Gasteiger charge is 2.12. The zero-order valence-corrected chi connectivity index (χ0v) is 10.9. The smallest absolute Gasteiger partial charge is 0.252 e. The molecule has 0 fully saturated rings. The molecule has 0 heterocycles. The van der Waals surface area contributed by atoms with Gasteiger partial charge < -0.3 is 10.4 Å². The lowest BCUT2D eigenvalue weighted by Crippen LogP contribution is -2.33. The molecule has 0 aliphatic heterocycles. The van der Waals surface area contributed by atoms with E-state index in [2.05, 4.69) is 5.32 Å². The van der Waals surface area contributed by atoms with Crippen LogP contribution in [0.1, 0.15) is 23.7 Å². The molecule has 1 aromatic carbocycles. The number of hydrogen-bond acceptors (Lipinski definition) is 3. The van der Waals surface area contributed by atoms with Crippen LogP contribution in [0.2, 0.25) is 0 Å². The van der Waals surface area contributed by atoms with E-state index in [1.807, 2.05) is 35.6 Å². The number of nitrogens with zero attached hydrogens (tertiary/aromatic N) is 1. The molecule has 0 spiro atoms. The van der Waals surface area contributed by atoms with Crippen molar-refractivity contribution in [3.8, 4) is 11.8 Å². The Morgan fingerprint density at radius 2 is 2.38 bits per heavy atom. The maximum Gasteiger partial charge on any atom is 0.252 e. The minimum atomic E-state index is -0.492. The van der Waals surface area contributed by atoms with E-state index in [0.29, 0.717) is 15.6 Å². The van der Waals surface area contributed by atoms with Gasteiger partial charge >= 0.3 is 0 Å². The van der Waals surface area contributed by atoms with Crippen molar-refractivity contribution >= 4 is 28.5 Å². The summed E-state index contributed by atoms with van der Waals surface area (Å²) in [6.45, 7) is 1.82. The SMILES string of the molecule is CCC(C#N)NC(=O)c1ccc(I)c(O)c1. The minimum Gasteiger partial charge on any atom is -0.507 e. The number of aromatic hydroxyl groups is 1. The molecule has 0 bridgehead atoms. The molecule has 2 N–H and O–H groups in total. The van der Waals surface area contributed by atoms with Gasteiger partial charge in [-0.25, -0.2) is 0 Å². The highest BCUT2D eigenvalue weighted by Crippen LogP contribution is 2.20. The summed E-state index contributed by atoms with van der Waals surface area (Å²) in [6, 6.07) is 6.14. The molecule has 0 aromatic heterocycles. The topological polar surface area (TPSA) is 73.1 Å². The van der Waals surface area contributed by atoms with Crippen LogP contribution in [0.15, 0.2) is 18.2 Å². The van der Waals surface area contributed by atoms with Crippen molar-refractivity contribution in [1.29, 1.82) is 5.26 Å². The van der Waals surface area contributed by atoms with Gasteiger partial charge in [0.05, 0.1) is 9.64 Å². The van der Waals surface area contributed by atoms with Crippen molar-refractivity contribution in [3.63, 3.8) is 0 Å². The maximum atomic E-state index is 11.7. The van der Waals surface area contributed by atoms with Gasteiger partial charge in [-0.2, -0.15) is 5.26 Å². The van der Waals surface area contributed by atoms with Crippen molar-refractivity contribution in [1.82, 2.24) is 5.32 Å². The Hall–Kier alpha value is -1.29. The number of carbonyl (C=O) groups excluding carboxylic acids is 1. The van der Waals surface area contributed by atoms with Crippen molar-refractivity contribution in [2.24, 2.45) is 0 Å². The highest BCUT2D eigenvalue weighted by molar-refractivity contribution is 14.1. The van der Waals surface area contributed by atoms with E-state index in [-0.39, 0.29) is 11.7 Å². The van der Waals surface area contributed by atoms with Crippen molar-refractivity contribution in [2.45, 2.75) is 19.4 Å². The molecule has 1 aromatic rings. The first-order chi connectivity index (χ1) is 7.58. The molecule has 4 nitrogen and oxygen atoms in total. The fourth-order valence-corrected chi connectivity index (χ4v) is 1.46. The van der Waals surface area contributed by atoms with Crippen LogP contribution in [-0.4, -0.2) is 17.1 Å². The number of phenolic OH excluding ortho intramolecular Hbond substituents is 1. The third-order valence-corrected chi connectivity index (χ3v) is 2.99. The van der Waals surface area contributed by atoms with Gasteiger partial charge in [-0.05, 0) is 47.2 Å². The number of halogens is 1. The number of carbonyl (C=O) groups is 1. The predicted octanol–water partition coefficient (Wildman–Crippen LogP) is 2.03. The number of nitrogens with one attached hydrogen (secondary N) is 1. The average molecular weight is 330 g/mol. The van der Waals surface area contributed by atoms with Crippen molar-refractivity contribution in [2.75, 3.05) is 0 Å². The molecule has 1 atom stereocenters. The van der Waals surface area contributed by atoms with Crippen LogP contribution in [0.3, 0.4) is 0 Å². The van der Waals surface area contributed by atoms with Gasteiger partial charge in [0.25, 0.3) is 5.91 Å². The van der Waals surface area contributed by atoms with Crippen LogP contribution < -0.4 is 5.32 Å². The van der Waals surface area contributed by atoms with Gasteiger partial charge in [-0.1, -0.05) is 6.92 Å². The zero-order valence-electron chi connectivity index (χ0n) is 8.70. The van der Waals surface area contributed by atoms with E-state index >= 15 is 0 Å². The Bertz CT molecular complexity index is 440. The summed E-state index contributed by atoms with van der Waals surface area (Å²) < 4.78 is 0.682. The Morgan fingerprint density at radius 3 is 2.88 bits per heavy atom. The van der Waals surface area contributed by atoms with E-state index in [0.717, 1.165) is 0 Å². The second-order valence-electron chi connectivity index (χ2n) is 3.23. The fraction of sp³-hybridized carbons (Fsp3) is 0.273. The third-order valence-electron chi connectivity index (χ3n) is 2.08. The fourth-order valence-electron chi connectivity index (χ4n) is 1.12. The second kappa shape index (κ2) is 5.70. The molecule has 0 saturated heterocycles. The first-order valence-corrected chi connectivity index (χ1v) is 5.85. The minimum absolute atomic E-state index is 0.0678. The molecule has 5 heteroatoms. The first kappa shape index (κ1) is 12.8. The summed E-state index contributed by atoms with van der Waals surface area (Å²) in [4.78, 5) is 11.7. The normalized spacial score (nSPS) is 11.6. The summed E-state index contributed by atoms with van der Waals surface area (Å²) in [5.74, 6) is -0.279. The number of benzene rings is 1. The molecular formula is C11H11IN2O2. The molecule has 0 aliphatic rings. The average Bonchev–Trinajstić information content (AvgIpc) is 2.29. The van der Waals surface area contributed by atoms with E-state index in [1.54, 1.807) is 12.1 Å². The van der Waals surface area contributed by atoms with Gasteiger partial charge in [0.1, 0.15) is 11.8 Å². The zero-order chi connectivity index (χ0) is 12.1. The third kappa shape index (κ3) is 3.10. The van der Waals surface area contributed by atoms with E-state index in [9.17, 15) is 9.90 Å². The molecule has 1 rings (SSSR count). The van der Waals surface area contributed by atoms with Crippen LogP contribution in [0.25, 0.3) is 0 Å². The van der Waals surface area contributed by atoms with E-state index in [1.165, 1.54) is 6.07 Å². The van der Waals surface area contributed by atoms with Crippen LogP contribution in [0, 0.1) is 14.9 Å². The van der Waals surface area contributed by atoms with Crippen LogP contribution in [0.4, 0.5) is 0 Å². The first-order valence-electron chi connectivity index (χ1n) is 4.77. The van der Waals surface area contributed by atoms with Gasteiger partial charge in [0, 0.05) is 5.56 Å². The quantitative estimate of drug-likeness (QED) is 0.833. The van der Waals surface area contributed by atoms with Gasteiger partial charge in [-0.15, -0.1) is 0 Å². The van der Waals surface area contributed by atoms with E-state index in [4.69, 9.17) is 5.26 Å². The number of phenols is 1. The van der Waals surface area contributed by atoms with Crippen LogP contribution in [-0.2, 0) is 0 Å². The lowest BCUT2D eigenvalue weighted by atomic mass is 10.1. The molecule has 16 heavy (non-hydrogen) atoms. The Morgan fingerprint density at radius 1 is 1.69 bits per heavy atom. The van der Waals surface area contributed by atoms with Gasteiger partial charge in [-0.3, -0.25) is 4.79 Å². The molecule has 84 valence electrons. The van der Waals surface area contributed by atoms with Crippen molar-refractivity contribution < 1.29 is 9.90 Å². The summed E-state index contributed by atoms with van der Waals surface area (Å²) in [7, 11) is 0. The summed E-state index contributed by atoms with van der Waals surface area (Å²) in [5, 5.41) is 20.7. The van der Waals surface area contributed by atoms with Gasteiger partial charge in [0.15, 0.2) is 0 Å². The number of rotatable bonds is 3. The Balaban J connectivity index is 2.81. The van der Waals surface area contributed by atoms with Crippen molar-refractivity contribution in [3.05, 3.63) is 27.3 Å². The largest absolute Gasteiger partial charge is 0.507 e.